The molecule has 0 heterocycles. The lowest BCUT2D eigenvalue weighted by Crippen LogP contribution is -2.41. The number of hydrogen-bond donors (Lipinski definition) is 3. The number of anilines is 1. The summed E-state index contributed by atoms with van der Waals surface area (Å²) in [5.41, 5.74) is 1.36. The zero-order valence-electron chi connectivity index (χ0n) is 15.5. The molecule has 2 aromatic carbocycles. The van der Waals surface area contributed by atoms with Gasteiger partial charge in [0.25, 0.3) is 0 Å². The number of rotatable bonds is 7. The predicted molar refractivity (Wildman–Crippen MR) is 103 cm³/mol. The number of hydrogen-bond acceptors (Lipinski definition) is 4. The Morgan fingerprint density at radius 3 is 2.52 bits per heavy atom. The van der Waals surface area contributed by atoms with Crippen LogP contribution < -0.4 is 25.4 Å². The highest BCUT2D eigenvalue weighted by molar-refractivity contribution is 5.94. The zero-order chi connectivity index (χ0) is 19.6. The second kappa shape index (κ2) is 10.0. The molecule has 0 saturated heterocycles. The van der Waals surface area contributed by atoms with Crippen LogP contribution in [-0.4, -0.2) is 39.7 Å². The molecule has 8 heteroatoms. The van der Waals surface area contributed by atoms with Crippen molar-refractivity contribution in [3.05, 3.63) is 53.8 Å². The average Bonchev–Trinajstić information content (AvgIpc) is 2.67. The van der Waals surface area contributed by atoms with Crippen LogP contribution in [0.3, 0.4) is 0 Å². The van der Waals surface area contributed by atoms with E-state index in [9.17, 15) is 9.18 Å². The Bertz CT molecular complexity index is 811. The number of benzene rings is 2. The van der Waals surface area contributed by atoms with Crippen molar-refractivity contribution < 1.29 is 18.7 Å². The van der Waals surface area contributed by atoms with Crippen LogP contribution in [-0.2, 0) is 11.3 Å². The third-order valence-electron chi connectivity index (χ3n) is 3.66. The van der Waals surface area contributed by atoms with Crippen LogP contribution in [0.2, 0.25) is 0 Å². The van der Waals surface area contributed by atoms with Crippen LogP contribution in [0.1, 0.15) is 5.56 Å². The summed E-state index contributed by atoms with van der Waals surface area (Å²) >= 11 is 0. The van der Waals surface area contributed by atoms with Crippen LogP contribution in [0.25, 0.3) is 0 Å². The number of nitrogens with zero attached hydrogens (tertiary/aromatic N) is 1. The van der Waals surface area contributed by atoms with Gasteiger partial charge in [0, 0.05) is 19.3 Å². The number of guanidine groups is 1. The average molecular weight is 374 g/mol. The summed E-state index contributed by atoms with van der Waals surface area (Å²) in [6.45, 7) is 0.466. The molecule has 0 radical (unpaired) electrons. The Morgan fingerprint density at radius 1 is 1.07 bits per heavy atom. The fourth-order valence-corrected chi connectivity index (χ4v) is 2.33. The molecule has 27 heavy (non-hydrogen) atoms. The van der Waals surface area contributed by atoms with Gasteiger partial charge in [-0.05, 0) is 35.9 Å². The molecule has 0 aliphatic heterocycles. The van der Waals surface area contributed by atoms with E-state index in [0.717, 1.165) is 5.56 Å². The number of nitrogens with one attached hydrogen (secondary N) is 3. The van der Waals surface area contributed by atoms with E-state index >= 15 is 0 Å². The van der Waals surface area contributed by atoms with Crippen molar-refractivity contribution in [3.8, 4) is 11.5 Å². The fourth-order valence-electron chi connectivity index (χ4n) is 2.33. The normalized spacial score (nSPS) is 10.9. The van der Waals surface area contributed by atoms with Crippen LogP contribution in [0.5, 0.6) is 11.5 Å². The molecule has 7 nitrogen and oxygen atoms in total. The minimum Gasteiger partial charge on any atom is -0.493 e. The first-order valence-electron chi connectivity index (χ1n) is 8.26. The number of aliphatic imine (C=N–C) groups is 1. The summed E-state index contributed by atoms with van der Waals surface area (Å²) < 4.78 is 23.6. The minimum absolute atomic E-state index is 0.0118. The van der Waals surface area contributed by atoms with Crippen molar-refractivity contribution in [1.82, 2.24) is 10.6 Å². The number of halogens is 1. The lowest BCUT2D eigenvalue weighted by atomic mass is 10.2. The summed E-state index contributed by atoms with van der Waals surface area (Å²) in [5, 5.41) is 8.62. The molecule has 3 N–H and O–H groups in total. The lowest BCUT2D eigenvalue weighted by molar-refractivity contribution is -0.115. The molecule has 2 rings (SSSR count). The van der Waals surface area contributed by atoms with Crippen LogP contribution in [0, 0.1) is 5.82 Å². The molecule has 0 unspecified atom stereocenters. The van der Waals surface area contributed by atoms with E-state index in [1.807, 2.05) is 18.2 Å². The highest BCUT2D eigenvalue weighted by atomic mass is 19.1. The second-order valence-electron chi connectivity index (χ2n) is 5.53. The van der Waals surface area contributed by atoms with E-state index in [1.54, 1.807) is 27.3 Å². The molecule has 0 fully saturated rings. The Kier molecular flexibility index (Phi) is 7.42. The molecule has 0 aliphatic rings. The molecule has 0 aliphatic carbocycles. The van der Waals surface area contributed by atoms with E-state index in [1.165, 1.54) is 18.2 Å². The fraction of sp³-hybridized carbons (Fsp3) is 0.263. The highest BCUT2D eigenvalue weighted by Gasteiger charge is 2.07. The van der Waals surface area contributed by atoms with E-state index in [2.05, 4.69) is 20.9 Å². The highest BCUT2D eigenvalue weighted by Crippen LogP contribution is 2.27. The SMILES string of the molecule is CN=C(NCC(=O)Nc1cccc(F)c1)NCc1ccc(OC)c(OC)c1. The van der Waals surface area contributed by atoms with Crippen molar-refractivity contribution in [3.63, 3.8) is 0 Å². The van der Waals surface area contributed by atoms with Crippen LogP contribution in [0.4, 0.5) is 10.1 Å². The first-order chi connectivity index (χ1) is 13.0. The third-order valence-corrected chi connectivity index (χ3v) is 3.66. The molecule has 0 bridgehead atoms. The van der Waals surface area contributed by atoms with Gasteiger partial charge in [0.15, 0.2) is 17.5 Å². The number of carbonyl (C=O) groups excluding carboxylic acids is 1. The number of ether oxygens (including phenoxy) is 2. The standard InChI is InChI=1S/C19H23FN4O3/c1-21-19(22-11-13-7-8-16(26-2)17(9-13)27-3)23-12-18(25)24-15-6-4-5-14(20)10-15/h4-10H,11-12H2,1-3H3,(H,24,25)(H2,21,22,23). The van der Waals surface area contributed by atoms with Gasteiger partial charge in [-0.3, -0.25) is 9.79 Å². The molecule has 0 aromatic heterocycles. The van der Waals surface area contributed by atoms with Gasteiger partial charge in [0.05, 0.1) is 20.8 Å². The largest absolute Gasteiger partial charge is 0.493 e. The monoisotopic (exact) mass is 374 g/mol. The molecule has 144 valence electrons. The van der Waals surface area contributed by atoms with Crippen molar-refractivity contribution in [2.24, 2.45) is 4.99 Å². The summed E-state index contributed by atoms with van der Waals surface area (Å²) in [7, 11) is 4.76. The first-order valence-corrected chi connectivity index (χ1v) is 8.26. The van der Waals surface area contributed by atoms with Crippen molar-refractivity contribution >= 4 is 17.6 Å². The number of amides is 1. The first kappa shape index (κ1) is 20.0. The topological polar surface area (TPSA) is 84.0 Å². The maximum Gasteiger partial charge on any atom is 0.243 e. The maximum atomic E-state index is 13.1. The van der Waals surface area contributed by atoms with Crippen LogP contribution >= 0.6 is 0 Å². The van der Waals surface area contributed by atoms with Gasteiger partial charge in [0.1, 0.15) is 5.82 Å². The minimum atomic E-state index is -0.409. The summed E-state index contributed by atoms with van der Waals surface area (Å²) in [4.78, 5) is 16.0. The van der Waals surface area contributed by atoms with E-state index in [0.29, 0.717) is 29.7 Å². The molecule has 0 spiro atoms. The van der Waals surface area contributed by atoms with Gasteiger partial charge in [-0.25, -0.2) is 4.39 Å². The number of methoxy groups -OCH3 is 2. The Hall–Kier alpha value is -3.29. The van der Waals surface area contributed by atoms with Gasteiger partial charge in [-0.1, -0.05) is 12.1 Å². The molecule has 0 atom stereocenters. The Labute approximate surface area is 157 Å². The van der Waals surface area contributed by atoms with Gasteiger partial charge in [0.2, 0.25) is 5.91 Å². The Balaban J connectivity index is 1.84. The van der Waals surface area contributed by atoms with Gasteiger partial charge in [-0.15, -0.1) is 0 Å². The van der Waals surface area contributed by atoms with E-state index < -0.39 is 5.82 Å². The van der Waals surface area contributed by atoms with Crippen molar-refractivity contribution in [2.45, 2.75) is 6.54 Å². The van der Waals surface area contributed by atoms with E-state index in [-0.39, 0.29) is 12.5 Å². The number of carbonyl (C=O) groups is 1. The molecule has 2 aromatic rings. The van der Waals surface area contributed by atoms with Crippen molar-refractivity contribution in [2.75, 3.05) is 33.1 Å². The smallest absolute Gasteiger partial charge is 0.243 e. The predicted octanol–water partition coefficient (Wildman–Crippen LogP) is 2.15. The van der Waals surface area contributed by atoms with Gasteiger partial charge >= 0.3 is 0 Å². The van der Waals surface area contributed by atoms with E-state index in [4.69, 9.17) is 9.47 Å². The maximum absolute atomic E-state index is 13.1. The van der Waals surface area contributed by atoms with Gasteiger partial charge < -0.3 is 25.4 Å². The quantitative estimate of drug-likeness (QED) is 0.511. The molecule has 0 saturated carbocycles. The van der Waals surface area contributed by atoms with Gasteiger partial charge in [-0.2, -0.15) is 0 Å². The third kappa shape index (κ3) is 6.18. The second-order valence-corrected chi connectivity index (χ2v) is 5.53. The Morgan fingerprint density at radius 2 is 1.85 bits per heavy atom. The molecular weight excluding hydrogens is 351 g/mol. The molecular formula is C19H23FN4O3. The van der Waals surface area contributed by atoms with Crippen molar-refractivity contribution in [1.29, 1.82) is 0 Å². The zero-order valence-corrected chi connectivity index (χ0v) is 15.5. The summed E-state index contributed by atoms with van der Waals surface area (Å²) in [5.74, 6) is 1.02. The van der Waals surface area contributed by atoms with Crippen LogP contribution in [0.15, 0.2) is 47.5 Å². The lowest BCUT2D eigenvalue weighted by Gasteiger charge is -2.13. The summed E-state index contributed by atoms with van der Waals surface area (Å²) in [6, 6.07) is 11.3. The summed E-state index contributed by atoms with van der Waals surface area (Å²) in [6.07, 6.45) is 0. The molecule has 1 amide bonds.